The van der Waals surface area contributed by atoms with Crippen LogP contribution in [0, 0.1) is 18.8 Å². The van der Waals surface area contributed by atoms with Gasteiger partial charge in [-0.2, -0.15) is 0 Å². The number of hydrogen-bond donors (Lipinski definition) is 4. The van der Waals surface area contributed by atoms with Gasteiger partial charge in [-0.25, -0.2) is 0 Å². The predicted molar refractivity (Wildman–Crippen MR) is 288 cm³/mol. The summed E-state index contributed by atoms with van der Waals surface area (Å²) in [4.78, 5) is 72.8. The van der Waals surface area contributed by atoms with E-state index in [1.807, 2.05) is 49.4 Å². The molecule has 2 fully saturated rings. The van der Waals surface area contributed by atoms with Crippen molar-refractivity contribution in [2.75, 3.05) is 51.1 Å². The fraction of sp³-hybridized carbons (Fsp3) is 0.467. The lowest BCUT2D eigenvalue weighted by molar-refractivity contribution is -0.155. The number of hydrogen-bond acceptors (Lipinski definition) is 14. The summed E-state index contributed by atoms with van der Waals surface area (Å²) in [7, 11) is 0. The van der Waals surface area contributed by atoms with Gasteiger partial charge in [-0.15, -0.1) is 0 Å². The Labute approximate surface area is 444 Å². The molecule has 3 unspecified atom stereocenters. The number of phenolic OH excluding ortho intramolecular Hbond substituents is 2. The summed E-state index contributed by atoms with van der Waals surface area (Å²) in [5.74, 6) is -4.29. The number of carbonyl (C=O) groups excluding carboxylic acids is 4. The van der Waals surface area contributed by atoms with Crippen molar-refractivity contribution in [3.8, 4) is 17.2 Å². The molecule has 10 rings (SSSR count). The van der Waals surface area contributed by atoms with Crippen molar-refractivity contribution in [2.45, 2.75) is 123 Å². The summed E-state index contributed by atoms with van der Waals surface area (Å²) in [5.41, 5.74) is 1.93. The van der Waals surface area contributed by atoms with Crippen molar-refractivity contribution in [2.24, 2.45) is 21.8 Å². The van der Waals surface area contributed by atoms with Gasteiger partial charge in [0.15, 0.2) is 11.4 Å². The molecular weight excluding hydrogens is 965 g/mol. The summed E-state index contributed by atoms with van der Waals surface area (Å²) < 4.78 is 18.4. The molecule has 0 radical (unpaired) electrons. The zero-order chi connectivity index (χ0) is 53.9. The number of nitrogens with one attached hydrogen (secondary N) is 1. The quantitative estimate of drug-likeness (QED) is 0.0762. The molecule has 0 aliphatic carbocycles. The maximum atomic E-state index is 14.8. The lowest BCUT2D eigenvalue weighted by atomic mass is 9.93. The van der Waals surface area contributed by atoms with Crippen molar-refractivity contribution in [1.29, 1.82) is 0 Å². The molecule has 4 atom stereocenters. The van der Waals surface area contributed by atoms with E-state index in [-0.39, 0.29) is 80.5 Å². The van der Waals surface area contributed by atoms with Gasteiger partial charge in [0.2, 0.25) is 5.91 Å². The van der Waals surface area contributed by atoms with Crippen LogP contribution in [-0.4, -0.2) is 123 Å². The number of amides is 2. The molecule has 76 heavy (non-hydrogen) atoms. The Kier molecular flexibility index (Phi) is 16.1. The molecule has 6 heterocycles. The van der Waals surface area contributed by atoms with Crippen molar-refractivity contribution in [1.82, 2.24) is 14.7 Å². The number of allylic oxidation sites excluding steroid dienone is 4. The number of fused-ring (bicyclic) bond motifs is 13. The largest absolute Gasteiger partial charge is 0.507 e. The second-order valence-corrected chi connectivity index (χ2v) is 21.8. The van der Waals surface area contributed by atoms with E-state index in [0.29, 0.717) is 82.9 Å². The highest BCUT2D eigenvalue weighted by Crippen LogP contribution is 2.50. The van der Waals surface area contributed by atoms with Crippen molar-refractivity contribution in [3.05, 3.63) is 130 Å². The number of aromatic hydroxyl groups is 2. The number of ether oxygens (including phenoxy) is 3. The first kappa shape index (κ1) is 53.9. The van der Waals surface area contributed by atoms with Crippen molar-refractivity contribution in [3.63, 3.8) is 0 Å². The fourth-order valence-corrected chi connectivity index (χ4v) is 11.3. The third-order valence-electron chi connectivity index (χ3n) is 15.5. The number of likely N-dealkylation sites (tertiary alicyclic amines) is 1. The molecule has 6 aliphatic heterocycles. The third kappa shape index (κ3) is 11.4. The number of Topliss-reactive ketones (excluding diaryl/α,β-unsaturated/α-hetero) is 1. The maximum absolute atomic E-state index is 14.8. The number of aliphatic hydroxyl groups excluding tert-OH is 1. The van der Waals surface area contributed by atoms with Crippen LogP contribution < -0.4 is 20.8 Å². The average Bonchev–Trinajstić information content (AvgIpc) is 4.02. The van der Waals surface area contributed by atoms with Gasteiger partial charge in [-0.05, 0) is 68.6 Å². The number of aliphatic hydroxyl groups is 1. The number of benzene rings is 4. The maximum Gasteiger partial charge on any atom is 0.315 e. The van der Waals surface area contributed by atoms with Gasteiger partial charge in [0.25, 0.3) is 11.7 Å². The molecule has 4 N–H and O–H groups in total. The van der Waals surface area contributed by atoms with Crippen LogP contribution in [0.3, 0.4) is 0 Å². The SMILES string of the molecule is C/C1=C/C=C/C(C)CCC(O)C[C@H](OC(=O)CC(=O)N2CCN(C(c3ccccc3)c3ccccc3)CC2)CC/C=C/OC2(C)Oc3c(C)c(O)c4c(O)c(c5c(c4c3C2=O)=NC2(CCN(CC(C)C)CC2)N=5)NC1=O. The van der Waals surface area contributed by atoms with E-state index >= 15 is 0 Å². The molecule has 4 aromatic rings. The number of piperazine rings is 1. The van der Waals surface area contributed by atoms with Gasteiger partial charge >= 0.3 is 11.8 Å². The van der Waals surface area contributed by atoms with Gasteiger partial charge in [-0.1, -0.05) is 99.7 Å². The first-order valence-electron chi connectivity index (χ1n) is 26.9. The molecule has 16 heteroatoms. The zero-order valence-electron chi connectivity index (χ0n) is 44.6. The van der Waals surface area contributed by atoms with Gasteiger partial charge in [-0.3, -0.25) is 34.1 Å². The molecule has 5 bridgehead atoms. The first-order valence-corrected chi connectivity index (χ1v) is 26.9. The van der Waals surface area contributed by atoms with E-state index in [9.17, 15) is 34.5 Å². The van der Waals surface area contributed by atoms with Crippen LogP contribution in [0.25, 0.3) is 10.8 Å². The minimum atomic E-state index is -1.91. The van der Waals surface area contributed by atoms with E-state index < -0.39 is 53.5 Å². The van der Waals surface area contributed by atoms with Gasteiger partial charge in [0, 0.05) is 88.5 Å². The number of piperidine rings is 1. The van der Waals surface area contributed by atoms with E-state index in [1.165, 1.54) is 24.3 Å². The lowest BCUT2D eigenvalue weighted by Gasteiger charge is -2.39. The second kappa shape index (κ2) is 22.8. The van der Waals surface area contributed by atoms with Crippen LogP contribution in [0.2, 0.25) is 0 Å². The Morgan fingerprint density at radius 1 is 0.868 bits per heavy atom. The minimum absolute atomic E-state index is 0.00230. The monoisotopic (exact) mass is 1040 g/mol. The number of esters is 1. The zero-order valence-corrected chi connectivity index (χ0v) is 44.6. The molecule has 1 spiro atoms. The van der Waals surface area contributed by atoms with Gasteiger partial charge < -0.3 is 44.6 Å². The normalized spacial score (nSPS) is 25.0. The molecule has 0 saturated carbocycles. The predicted octanol–water partition coefficient (Wildman–Crippen LogP) is 7.72. The van der Waals surface area contributed by atoms with Crippen LogP contribution in [0.5, 0.6) is 17.2 Å². The van der Waals surface area contributed by atoms with E-state index in [4.69, 9.17) is 24.2 Å². The second-order valence-electron chi connectivity index (χ2n) is 21.8. The van der Waals surface area contributed by atoms with Crippen molar-refractivity contribution < 1.29 is 48.7 Å². The molecule has 2 amide bonds. The fourth-order valence-electron chi connectivity index (χ4n) is 11.3. The Morgan fingerprint density at radius 3 is 2.18 bits per heavy atom. The Hall–Kier alpha value is -6.88. The summed E-state index contributed by atoms with van der Waals surface area (Å²) in [6.07, 6.45) is 9.15. The number of carbonyl (C=O) groups is 4. The van der Waals surface area contributed by atoms with Crippen LogP contribution in [0.4, 0.5) is 5.69 Å². The third-order valence-corrected chi connectivity index (χ3v) is 15.5. The average molecular weight is 1040 g/mol. The molecule has 2 saturated heterocycles. The Bertz CT molecular complexity index is 3030. The first-order chi connectivity index (χ1) is 36.4. The molecule has 402 valence electrons. The smallest absolute Gasteiger partial charge is 0.315 e. The molecular formula is C60H72N6O10. The highest BCUT2D eigenvalue weighted by Gasteiger charge is 2.50. The molecule has 0 aromatic heterocycles. The highest BCUT2D eigenvalue weighted by atomic mass is 16.7. The minimum Gasteiger partial charge on any atom is -0.507 e. The van der Waals surface area contributed by atoms with Crippen LogP contribution >= 0.6 is 0 Å². The van der Waals surface area contributed by atoms with Gasteiger partial charge in [0.1, 0.15) is 35.1 Å². The van der Waals surface area contributed by atoms with Crippen LogP contribution in [0.15, 0.2) is 107 Å². The standard InChI is InChI=1S/C60H72N6O10/c1-37(2)36-64-27-25-60(26-28-64)62-50-47-48-54(70)40(5)56-49(47)57(72)59(6,76-56)74-33-14-13-22-44(34-43(67)24-23-38(3)16-15-17-39(4)58(73)61-52(55(48)71)51(50)63-60)75-46(69)35-45(68)65-29-31-66(32-30-65)53(41-18-9-7-10-19-41)42-20-11-8-12-21-42/h7-12,14-21,33,37-38,43-44,53,67,70-71H,13,22-32,34-36H2,1-6H3,(H,61,73)/b16-15+,33-14+,39-17-/t38?,43?,44-,59?/m1/s1. The van der Waals surface area contributed by atoms with Crippen LogP contribution in [-0.2, 0) is 23.9 Å². The van der Waals surface area contributed by atoms with E-state index in [0.717, 1.165) is 6.54 Å². The highest BCUT2D eigenvalue weighted by molar-refractivity contribution is 6.19. The number of anilines is 1. The lowest BCUT2D eigenvalue weighted by Crippen LogP contribution is -2.50. The summed E-state index contributed by atoms with van der Waals surface area (Å²) >= 11 is 0. The van der Waals surface area contributed by atoms with Gasteiger partial charge in [0.05, 0.1) is 34.7 Å². The van der Waals surface area contributed by atoms with Crippen molar-refractivity contribution >= 4 is 40.0 Å². The van der Waals surface area contributed by atoms with E-state index in [2.05, 4.69) is 53.2 Å². The number of rotatable bonds is 8. The van der Waals surface area contributed by atoms with E-state index in [1.54, 1.807) is 37.0 Å². The number of ketones is 1. The Morgan fingerprint density at radius 2 is 1.53 bits per heavy atom. The topological polar surface area (TPSA) is 203 Å². The molecule has 6 aliphatic rings. The summed E-state index contributed by atoms with van der Waals surface area (Å²) in [6.45, 7) is 15.5. The Balaban J connectivity index is 0.947. The number of nitrogens with zero attached hydrogens (tertiary/aromatic N) is 5. The molecule has 4 aromatic carbocycles. The molecule has 16 nitrogen and oxygen atoms in total. The summed E-state index contributed by atoms with van der Waals surface area (Å²) in [6, 6.07) is 20.6. The summed E-state index contributed by atoms with van der Waals surface area (Å²) in [5, 5.41) is 38.8. The van der Waals surface area contributed by atoms with Crippen LogP contribution in [0.1, 0.15) is 119 Å². The number of phenols is 2.